The quantitative estimate of drug-likeness (QED) is 0.587. The molecule has 1 aromatic heterocycles. The number of anilines is 1. The average molecular weight is 394 g/mol. The van der Waals surface area contributed by atoms with Crippen LogP contribution in [0.3, 0.4) is 0 Å². The predicted octanol–water partition coefficient (Wildman–Crippen LogP) is 5.18. The molecule has 1 heterocycles. The summed E-state index contributed by atoms with van der Waals surface area (Å²) in [5, 5.41) is 13.3. The van der Waals surface area contributed by atoms with Gasteiger partial charge in [-0.1, -0.05) is 29.8 Å². The van der Waals surface area contributed by atoms with Crippen LogP contribution in [0, 0.1) is 18.3 Å². The van der Waals surface area contributed by atoms with Gasteiger partial charge in [0.05, 0.1) is 25.3 Å². The number of rotatable bonds is 6. The predicted molar refractivity (Wildman–Crippen MR) is 113 cm³/mol. The lowest BCUT2D eigenvalue weighted by Crippen LogP contribution is -2.09. The van der Waals surface area contributed by atoms with E-state index in [0.717, 1.165) is 22.0 Å². The summed E-state index contributed by atoms with van der Waals surface area (Å²) in [4.78, 5) is 12.4. The minimum Gasteiger partial charge on any atom is -0.495 e. The Kier molecular flexibility index (Phi) is 6.03. The van der Waals surface area contributed by atoms with E-state index in [2.05, 4.69) is 11.4 Å². The number of nitrogens with zero attached hydrogens (tertiary/aromatic N) is 2. The first-order chi connectivity index (χ1) is 13.5. The van der Waals surface area contributed by atoms with Gasteiger partial charge < -0.3 is 14.6 Å². The molecule has 0 atom stereocenters. The van der Waals surface area contributed by atoms with Crippen LogP contribution >= 0.6 is 11.6 Å². The molecule has 0 bridgehead atoms. The molecule has 142 valence electrons. The smallest absolute Gasteiger partial charge is 0.248 e. The third-order valence-corrected chi connectivity index (χ3v) is 4.84. The van der Waals surface area contributed by atoms with Crippen LogP contribution in [0.2, 0.25) is 5.02 Å². The number of methoxy groups -OCH3 is 1. The molecule has 0 unspecified atom stereocenters. The van der Waals surface area contributed by atoms with E-state index in [0.29, 0.717) is 29.4 Å². The van der Waals surface area contributed by atoms with Gasteiger partial charge in [-0.3, -0.25) is 4.79 Å². The molecule has 2 aromatic carbocycles. The van der Waals surface area contributed by atoms with E-state index in [4.69, 9.17) is 21.6 Å². The zero-order chi connectivity index (χ0) is 20.1. The molecule has 0 saturated carbocycles. The summed E-state index contributed by atoms with van der Waals surface area (Å²) in [6.45, 7) is 2.47. The maximum atomic E-state index is 12.4. The van der Waals surface area contributed by atoms with Crippen LogP contribution in [0.4, 0.5) is 5.69 Å². The Labute approximate surface area is 168 Å². The van der Waals surface area contributed by atoms with Gasteiger partial charge in [0.2, 0.25) is 5.91 Å². The van der Waals surface area contributed by atoms with Crippen molar-refractivity contribution in [2.24, 2.45) is 0 Å². The minimum atomic E-state index is -0.270. The first-order valence-electron chi connectivity index (χ1n) is 8.81. The second-order valence-electron chi connectivity index (χ2n) is 6.33. The maximum Gasteiger partial charge on any atom is 0.248 e. The molecule has 28 heavy (non-hydrogen) atoms. The number of carbonyl (C=O) groups is 1. The monoisotopic (exact) mass is 393 g/mol. The number of aryl methyl sites for hydroxylation is 2. The largest absolute Gasteiger partial charge is 0.495 e. The number of halogens is 1. The summed E-state index contributed by atoms with van der Waals surface area (Å²) in [5.41, 5.74) is 3.37. The third-order valence-electron chi connectivity index (χ3n) is 4.44. The van der Waals surface area contributed by atoms with Gasteiger partial charge in [-0.15, -0.1) is 0 Å². The Morgan fingerprint density at radius 3 is 2.89 bits per heavy atom. The van der Waals surface area contributed by atoms with Gasteiger partial charge in [-0.2, -0.15) is 5.26 Å². The van der Waals surface area contributed by atoms with Crippen LogP contribution < -0.4 is 10.1 Å². The summed E-state index contributed by atoms with van der Waals surface area (Å²) in [7, 11) is 1.53. The highest BCUT2D eigenvalue weighted by Gasteiger charge is 2.10. The van der Waals surface area contributed by atoms with E-state index in [1.54, 1.807) is 18.2 Å². The standard InChI is InChI=1S/C22H20ClN3O2/c1-15-12-19(21(28-2)13-18(15)23)25-22(27)9-8-16-14-26(11-5-10-24)20-7-4-3-6-17(16)20/h3-4,6-9,12-14H,5,11H2,1-2H3,(H,25,27)/b9-8+. The van der Waals surface area contributed by atoms with Crippen molar-refractivity contribution < 1.29 is 9.53 Å². The highest BCUT2D eigenvalue weighted by molar-refractivity contribution is 6.31. The van der Waals surface area contributed by atoms with Crippen molar-refractivity contribution in [2.45, 2.75) is 19.9 Å². The van der Waals surface area contributed by atoms with Crippen molar-refractivity contribution in [3.05, 3.63) is 64.8 Å². The van der Waals surface area contributed by atoms with E-state index in [-0.39, 0.29) is 5.91 Å². The van der Waals surface area contributed by atoms with Crippen LogP contribution in [-0.4, -0.2) is 17.6 Å². The highest BCUT2D eigenvalue weighted by Crippen LogP contribution is 2.31. The van der Waals surface area contributed by atoms with E-state index in [1.807, 2.05) is 42.0 Å². The molecule has 0 aliphatic heterocycles. The molecule has 0 aliphatic rings. The summed E-state index contributed by atoms with van der Waals surface area (Å²) >= 11 is 6.11. The number of fused-ring (bicyclic) bond motifs is 1. The number of ether oxygens (including phenoxy) is 1. The molecule has 0 aliphatic carbocycles. The Morgan fingerprint density at radius 1 is 1.36 bits per heavy atom. The van der Waals surface area contributed by atoms with E-state index in [9.17, 15) is 4.79 Å². The second-order valence-corrected chi connectivity index (χ2v) is 6.73. The fourth-order valence-electron chi connectivity index (χ4n) is 3.03. The Morgan fingerprint density at radius 2 is 2.14 bits per heavy atom. The number of hydrogen-bond donors (Lipinski definition) is 1. The average Bonchev–Trinajstić information content (AvgIpc) is 3.05. The fourth-order valence-corrected chi connectivity index (χ4v) is 3.19. The van der Waals surface area contributed by atoms with Crippen molar-refractivity contribution in [1.82, 2.24) is 4.57 Å². The van der Waals surface area contributed by atoms with Crippen LogP contribution in [0.5, 0.6) is 5.75 Å². The fraction of sp³-hybridized carbons (Fsp3) is 0.182. The third kappa shape index (κ3) is 4.19. The molecule has 0 spiro atoms. The van der Waals surface area contributed by atoms with Gasteiger partial charge in [0.25, 0.3) is 0 Å². The molecule has 3 aromatic rings. The molecule has 5 nitrogen and oxygen atoms in total. The Bertz CT molecular complexity index is 1090. The number of para-hydroxylation sites is 1. The topological polar surface area (TPSA) is 67.0 Å². The SMILES string of the molecule is COc1cc(Cl)c(C)cc1NC(=O)/C=C/c1cn(CCC#N)c2ccccc12. The van der Waals surface area contributed by atoms with Gasteiger partial charge >= 0.3 is 0 Å². The number of amides is 1. The molecular formula is C22H20ClN3O2. The zero-order valence-corrected chi connectivity index (χ0v) is 16.5. The summed E-state index contributed by atoms with van der Waals surface area (Å²) in [6, 6.07) is 13.5. The Balaban J connectivity index is 1.84. The molecule has 0 radical (unpaired) electrons. The van der Waals surface area contributed by atoms with Gasteiger partial charge in [0.15, 0.2) is 0 Å². The molecule has 0 fully saturated rings. The van der Waals surface area contributed by atoms with E-state index < -0.39 is 0 Å². The number of benzene rings is 2. The maximum absolute atomic E-state index is 12.4. The molecule has 3 rings (SSSR count). The summed E-state index contributed by atoms with van der Waals surface area (Å²) in [6.07, 6.45) is 5.65. The normalized spacial score (nSPS) is 10.9. The van der Waals surface area contributed by atoms with Gasteiger partial charge in [-0.25, -0.2) is 0 Å². The molecule has 1 amide bonds. The lowest BCUT2D eigenvalue weighted by molar-refractivity contribution is -0.111. The van der Waals surface area contributed by atoms with Crippen molar-refractivity contribution in [2.75, 3.05) is 12.4 Å². The lowest BCUT2D eigenvalue weighted by atomic mass is 10.1. The Hall–Kier alpha value is -3.23. The minimum absolute atomic E-state index is 0.270. The zero-order valence-electron chi connectivity index (χ0n) is 15.7. The molecule has 0 saturated heterocycles. The van der Waals surface area contributed by atoms with Gasteiger partial charge in [-0.05, 0) is 30.7 Å². The first-order valence-corrected chi connectivity index (χ1v) is 9.19. The van der Waals surface area contributed by atoms with Gasteiger partial charge in [0.1, 0.15) is 5.75 Å². The summed E-state index contributed by atoms with van der Waals surface area (Å²) in [5.74, 6) is 0.235. The van der Waals surface area contributed by atoms with Crippen molar-refractivity contribution >= 4 is 40.2 Å². The number of carbonyl (C=O) groups excluding carboxylic acids is 1. The molecule has 6 heteroatoms. The summed E-state index contributed by atoms with van der Waals surface area (Å²) < 4.78 is 7.32. The van der Waals surface area contributed by atoms with E-state index in [1.165, 1.54) is 13.2 Å². The van der Waals surface area contributed by atoms with Crippen molar-refractivity contribution in [3.63, 3.8) is 0 Å². The number of hydrogen-bond acceptors (Lipinski definition) is 3. The van der Waals surface area contributed by atoms with Crippen LogP contribution in [0.25, 0.3) is 17.0 Å². The first kappa shape index (κ1) is 19.5. The van der Waals surface area contributed by atoms with E-state index >= 15 is 0 Å². The number of nitrogens with one attached hydrogen (secondary N) is 1. The number of aromatic nitrogens is 1. The van der Waals surface area contributed by atoms with Crippen LogP contribution in [0.1, 0.15) is 17.5 Å². The second kappa shape index (κ2) is 8.64. The molecule has 1 N–H and O–H groups in total. The van der Waals surface area contributed by atoms with Crippen LogP contribution in [-0.2, 0) is 11.3 Å². The highest BCUT2D eigenvalue weighted by atomic mass is 35.5. The van der Waals surface area contributed by atoms with Crippen LogP contribution in [0.15, 0.2) is 48.7 Å². The number of nitriles is 1. The van der Waals surface area contributed by atoms with Gasteiger partial charge in [0, 0.05) is 46.4 Å². The lowest BCUT2D eigenvalue weighted by Gasteiger charge is -2.11. The molecular weight excluding hydrogens is 374 g/mol. The van der Waals surface area contributed by atoms with Crippen molar-refractivity contribution in [3.8, 4) is 11.8 Å². The van der Waals surface area contributed by atoms with Crippen molar-refractivity contribution in [1.29, 1.82) is 5.26 Å².